The molecular formula is C13H16BrN3O. The normalized spacial score (nSPS) is 10.8. The van der Waals surface area contributed by atoms with Crippen molar-refractivity contribution in [1.82, 2.24) is 4.98 Å². The summed E-state index contributed by atoms with van der Waals surface area (Å²) in [4.78, 5) is 16.4. The van der Waals surface area contributed by atoms with Crippen LogP contribution in [0.2, 0.25) is 0 Å². The average Bonchev–Trinajstić information content (AvgIpc) is 2.37. The number of anilines is 1. The summed E-state index contributed by atoms with van der Waals surface area (Å²) in [6, 6.07) is 5.65. The van der Waals surface area contributed by atoms with Gasteiger partial charge in [-0.3, -0.25) is 4.79 Å². The summed E-state index contributed by atoms with van der Waals surface area (Å²) in [5.74, 6) is 0.187. The fourth-order valence-electron chi connectivity index (χ4n) is 1.63. The van der Waals surface area contributed by atoms with E-state index in [0.717, 1.165) is 10.2 Å². The maximum atomic E-state index is 12.1. The highest BCUT2D eigenvalue weighted by Gasteiger charge is 2.35. The Hall–Kier alpha value is -1.41. The number of carbonyl (C=O) groups is 1. The lowest BCUT2D eigenvalue weighted by molar-refractivity contribution is -0.123. The van der Waals surface area contributed by atoms with Crippen molar-refractivity contribution in [2.45, 2.75) is 33.6 Å². The standard InChI is InChI=1S/C13H16BrN3O/c1-4-13(5-2,8-15)12(18)17-11-7-6-10(14)9(3)16-11/h6-7H,4-5H2,1-3H3,(H,16,17,18). The molecule has 0 aliphatic carbocycles. The molecule has 0 saturated carbocycles. The predicted octanol–water partition coefficient (Wildman–Crippen LogP) is 3.42. The van der Waals surface area contributed by atoms with E-state index < -0.39 is 5.41 Å². The van der Waals surface area contributed by atoms with Gasteiger partial charge in [0.2, 0.25) is 5.91 Å². The molecule has 0 radical (unpaired) electrons. The molecule has 18 heavy (non-hydrogen) atoms. The van der Waals surface area contributed by atoms with Crippen LogP contribution in [0.5, 0.6) is 0 Å². The zero-order valence-electron chi connectivity index (χ0n) is 10.7. The number of hydrogen-bond donors (Lipinski definition) is 1. The monoisotopic (exact) mass is 309 g/mol. The molecule has 1 aromatic rings. The van der Waals surface area contributed by atoms with Crippen LogP contribution in [0.15, 0.2) is 16.6 Å². The molecule has 0 aliphatic heterocycles. The summed E-state index contributed by atoms with van der Waals surface area (Å²) < 4.78 is 0.887. The highest BCUT2D eigenvalue weighted by atomic mass is 79.9. The Morgan fingerprint density at radius 3 is 2.56 bits per heavy atom. The molecule has 0 spiro atoms. The summed E-state index contributed by atoms with van der Waals surface area (Å²) in [6.07, 6.45) is 0.975. The third-order valence-corrected chi connectivity index (χ3v) is 3.96. The van der Waals surface area contributed by atoms with Crippen molar-refractivity contribution >= 4 is 27.7 Å². The Morgan fingerprint density at radius 2 is 2.11 bits per heavy atom. The second kappa shape index (κ2) is 5.96. The Labute approximate surface area is 116 Å². The molecule has 5 heteroatoms. The summed E-state index contributed by atoms with van der Waals surface area (Å²) in [5, 5.41) is 11.9. The van der Waals surface area contributed by atoms with Gasteiger partial charge in [-0.2, -0.15) is 5.26 Å². The third-order valence-electron chi connectivity index (χ3n) is 3.12. The number of rotatable bonds is 4. The first kappa shape index (κ1) is 14.7. The van der Waals surface area contributed by atoms with E-state index >= 15 is 0 Å². The minimum absolute atomic E-state index is 0.288. The van der Waals surface area contributed by atoms with Crippen LogP contribution in [0, 0.1) is 23.7 Å². The van der Waals surface area contributed by atoms with Crippen LogP contribution in [0.4, 0.5) is 5.82 Å². The van der Waals surface area contributed by atoms with E-state index in [1.54, 1.807) is 6.07 Å². The van der Waals surface area contributed by atoms with Crippen LogP contribution in [-0.4, -0.2) is 10.9 Å². The first-order valence-electron chi connectivity index (χ1n) is 5.85. The molecule has 0 fully saturated rings. The van der Waals surface area contributed by atoms with E-state index in [0.29, 0.717) is 18.7 Å². The molecule has 96 valence electrons. The molecular weight excluding hydrogens is 294 g/mol. The molecule has 1 amide bonds. The number of nitrogens with zero attached hydrogens (tertiary/aromatic N) is 2. The van der Waals surface area contributed by atoms with Crippen molar-refractivity contribution in [2.75, 3.05) is 5.32 Å². The molecule has 1 rings (SSSR count). The number of halogens is 1. The molecule has 0 saturated heterocycles. The van der Waals surface area contributed by atoms with E-state index in [4.69, 9.17) is 0 Å². The third kappa shape index (κ3) is 2.88. The highest BCUT2D eigenvalue weighted by molar-refractivity contribution is 9.10. The Balaban J connectivity index is 2.94. The van der Waals surface area contributed by atoms with Gasteiger partial charge in [0.1, 0.15) is 11.2 Å². The molecule has 1 N–H and O–H groups in total. The largest absolute Gasteiger partial charge is 0.309 e. The van der Waals surface area contributed by atoms with Crippen molar-refractivity contribution in [3.05, 3.63) is 22.3 Å². The Morgan fingerprint density at radius 1 is 1.50 bits per heavy atom. The van der Waals surface area contributed by atoms with Crippen LogP contribution in [0.1, 0.15) is 32.4 Å². The first-order valence-corrected chi connectivity index (χ1v) is 6.64. The van der Waals surface area contributed by atoms with E-state index in [2.05, 4.69) is 32.3 Å². The van der Waals surface area contributed by atoms with Gasteiger partial charge >= 0.3 is 0 Å². The van der Waals surface area contributed by atoms with Crippen molar-refractivity contribution in [1.29, 1.82) is 5.26 Å². The summed E-state index contributed by atoms with van der Waals surface area (Å²) in [6.45, 7) is 5.52. The lowest BCUT2D eigenvalue weighted by Gasteiger charge is -2.21. The minimum Gasteiger partial charge on any atom is -0.309 e. The van der Waals surface area contributed by atoms with Gasteiger partial charge in [0.25, 0.3) is 0 Å². The van der Waals surface area contributed by atoms with Crippen LogP contribution in [0.25, 0.3) is 0 Å². The number of hydrogen-bond acceptors (Lipinski definition) is 3. The number of nitriles is 1. The van der Waals surface area contributed by atoms with Crippen LogP contribution in [0.3, 0.4) is 0 Å². The molecule has 0 aliphatic rings. The van der Waals surface area contributed by atoms with Gasteiger partial charge in [-0.1, -0.05) is 13.8 Å². The van der Waals surface area contributed by atoms with Gasteiger partial charge in [-0.05, 0) is 47.8 Å². The maximum absolute atomic E-state index is 12.1. The second-order valence-corrected chi connectivity index (χ2v) is 4.97. The van der Waals surface area contributed by atoms with Crippen molar-refractivity contribution < 1.29 is 4.79 Å². The summed E-state index contributed by atoms with van der Waals surface area (Å²) in [5.41, 5.74) is -0.175. The van der Waals surface area contributed by atoms with Gasteiger partial charge in [-0.15, -0.1) is 0 Å². The Bertz CT molecular complexity index is 489. The van der Waals surface area contributed by atoms with E-state index in [9.17, 15) is 10.1 Å². The summed E-state index contributed by atoms with van der Waals surface area (Å²) >= 11 is 3.35. The lowest BCUT2D eigenvalue weighted by atomic mass is 9.83. The van der Waals surface area contributed by atoms with E-state index in [-0.39, 0.29) is 5.91 Å². The van der Waals surface area contributed by atoms with Gasteiger partial charge in [0.15, 0.2) is 0 Å². The summed E-state index contributed by atoms with van der Waals surface area (Å²) in [7, 11) is 0. The topological polar surface area (TPSA) is 65.8 Å². The van der Waals surface area contributed by atoms with Crippen LogP contribution in [-0.2, 0) is 4.79 Å². The molecule has 0 bridgehead atoms. The van der Waals surface area contributed by atoms with Crippen molar-refractivity contribution in [3.63, 3.8) is 0 Å². The molecule has 4 nitrogen and oxygen atoms in total. The SMILES string of the molecule is CCC(C#N)(CC)C(=O)Nc1ccc(Br)c(C)n1. The minimum atomic E-state index is -0.970. The van der Waals surface area contributed by atoms with Crippen LogP contribution < -0.4 is 5.32 Å². The first-order chi connectivity index (χ1) is 8.49. The fraction of sp³-hybridized carbons (Fsp3) is 0.462. The molecule has 0 unspecified atom stereocenters. The molecule has 1 aromatic heterocycles. The van der Waals surface area contributed by atoms with Crippen LogP contribution >= 0.6 is 15.9 Å². The number of amides is 1. The van der Waals surface area contributed by atoms with E-state index in [1.165, 1.54) is 0 Å². The predicted molar refractivity (Wildman–Crippen MR) is 73.9 cm³/mol. The zero-order valence-corrected chi connectivity index (χ0v) is 12.3. The fourth-order valence-corrected chi connectivity index (χ4v) is 1.85. The van der Waals surface area contributed by atoms with Gasteiger partial charge in [0, 0.05) is 4.47 Å². The highest BCUT2D eigenvalue weighted by Crippen LogP contribution is 2.27. The quantitative estimate of drug-likeness (QED) is 0.926. The van der Waals surface area contributed by atoms with Gasteiger partial charge < -0.3 is 5.32 Å². The number of pyridine rings is 1. The molecule has 1 heterocycles. The number of aromatic nitrogens is 1. The smallest absolute Gasteiger partial charge is 0.245 e. The van der Waals surface area contributed by atoms with Gasteiger partial charge in [-0.25, -0.2) is 4.98 Å². The Kier molecular flexibility index (Phi) is 4.85. The van der Waals surface area contributed by atoms with Crippen molar-refractivity contribution in [2.24, 2.45) is 5.41 Å². The molecule has 0 aromatic carbocycles. The number of nitrogens with one attached hydrogen (secondary N) is 1. The lowest BCUT2D eigenvalue weighted by Crippen LogP contribution is -2.34. The van der Waals surface area contributed by atoms with Crippen molar-refractivity contribution in [3.8, 4) is 6.07 Å². The molecule has 0 atom stereocenters. The maximum Gasteiger partial charge on any atom is 0.245 e. The zero-order chi connectivity index (χ0) is 13.8. The van der Waals surface area contributed by atoms with E-state index in [1.807, 2.05) is 26.8 Å². The number of aryl methyl sites for hydroxylation is 1. The van der Waals surface area contributed by atoms with Gasteiger partial charge in [0.05, 0.1) is 11.8 Å². The average molecular weight is 310 g/mol. The second-order valence-electron chi connectivity index (χ2n) is 4.12. The number of carbonyl (C=O) groups excluding carboxylic acids is 1.